The van der Waals surface area contributed by atoms with Gasteiger partial charge in [0.05, 0.1) is 26.4 Å². The normalized spacial score (nSPS) is 14.3. The maximum Gasteiger partial charge on any atom is 0.252 e. The number of hydrogen-bond donors (Lipinski definition) is 0. The molecule has 0 aliphatic carbocycles. The monoisotopic (exact) mass is 882 g/mol. The lowest BCUT2D eigenvalue weighted by Gasteiger charge is -2.45. The average Bonchev–Trinajstić information content (AvgIpc) is 3.78. The highest BCUT2D eigenvalue weighted by atomic mass is 16.5. The standard InChI is InChI=1S/C61H47BN2O4/c1-40-28-55-61-56(29-40)64(50-34-47(43-20-10-4-11-21-43)31-48(35-50)44-22-12-5-13-23-44)54-39-60-58(66-25-15-27-68-60)37-52(54)62(61)51-36-57-59(67-26-14-24-65-57)38-53(51)63(55)49-32-45(41-16-6-2-7-17-41)30-46(33-49)42-18-8-3-9-19-42/h2-13,16-23,28-39H,14-15,24-27H2,1H3. The second-order valence-corrected chi connectivity index (χ2v) is 18.1. The van der Waals surface area contributed by atoms with Crippen LogP contribution in [0.1, 0.15) is 18.4 Å². The van der Waals surface area contributed by atoms with Crippen LogP contribution in [0.3, 0.4) is 0 Å². The van der Waals surface area contributed by atoms with Crippen molar-refractivity contribution >= 4 is 57.2 Å². The van der Waals surface area contributed by atoms with Crippen LogP contribution in [0.15, 0.2) is 194 Å². The van der Waals surface area contributed by atoms with Gasteiger partial charge >= 0.3 is 0 Å². The summed E-state index contributed by atoms with van der Waals surface area (Å²) in [6.07, 6.45) is 1.62. The Kier molecular flexibility index (Phi) is 9.81. The van der Waals surface area contributed by atoms with Gasteiger partial charge in [0.15, 0.2) is 23.0 Å². The lowest BCUT2D eigenvalue weighted by Crippen LogP contribution is -2.61. The topological polar surface area (TPSA) is 43.4 Å². The number of ether oxygens (including phenoxy) is 4. The fraction of sp³-hybridized carbons (Fsp3) is 0.115. The van der Waals surface area contributed by atoms with Crippen molar-refractivity contribution in [2.75, 3.05) is 36.2 Å². The van der Waals surface area contributed by atoms with Crippen molar-refractivity contribution in [3.05, 3.63) is 200 Å². The van der Waals surface area contributed by atoms with Crippen LogP contribution in [0.4, 0.5) is 34.1 Å². The molecule has 4 heterocycles. The van der Waals surface area contributed by atoms with Gasteiger partial charge < -0.3 is 28.7 Å². The van der Waals surface area contributed by atoms with Crippen LogP contribution in [0, 0.1) is 6.92 Å². The minimum Gasteiger partial charge on any atom is -0.490 e. The van der Waals surface area contributed by atoms with Gasteiger partial charge in [-0.1, -0.05) is 121 Å². The summed E-state index contributed by atoms with van der Waals surface area (Å²) in [7, 11) is 0. The number of anilines is 6. The maximum atomic E-state index is 6.55. The Bertz CT molecular complexity index is 3040. The molecule has 0 atom stereocenters. The van der Waals surface area contributed by atoms with Gasteiger partial charge in [0.25, 0.3) is 6.71 Å². The first-order valence-electron chi connectivity index (χ1n) is 23.7. The molecule has 9 aromatic carbocycles. The van der Waals surface area contributed by atoms with Gasteiger partial charge in [-0.25, -0.2) is 0 Å². The van der Waals surface area contributed by atoms with Crippen molar-refractivity contribution in [2.45, 2.75) is 19.8 Å². The van der Waals surface area contributed by atoms with Crippen LogP contribution in [0.5, 0.6) is 23.0 Å². The Hall–Kier alpha value is -8.16. The van der Waals surface area contributed by atoms with Gasteiger partial charge in [-0.15, -0.1) is 0 Å². The summed E-state index contributed by atoms with van der Waals surface area (Å²) in [5.74, 6) is 3.05. The number of hydrogen-bond acceptors (Lipinski definition) is 6. The number of nitrogens with zero attached hydrogens (tertiary/aromatic N) is 2. The van der Waals surface area contributed by atoms with Crippen molar-refractivity contribution in [1.82, 2.24) is 0 Å². The molecule has 0 saturated heterocycles. The highest BCUT2D eigenvalue weighted by Crippen LogP contribution is 2.50. The first-order chi connectivity index (χ1) is 33.6. The fourth-order valence-electron chi connectivity index (χ4n) is 10.7. The molecule has 0 spiro atoms. The average molecular weight is 883 g/mol. The molecule has 0 N–H and O–H groups in total. The zero-order valence-corrected chi connectivity index (χ0v) is 37.8. The SMILES string of the molecule is Cc1cc2c3c(c1)N(c1cc(-c4ccccc4)cc(-c4ccccc4)c1)c1cc4c(cc1B3c1cc3c(cc1N2c1cc(-c2ccccc2)cc(-c2ccccc2)c1)OCCCO3)OCCCO4. The van der Waals surface area contributed by atoms with Crippen LogP contribution < -0.4 is 45.1 Å². The van der Waals surface area contributed by atoms with Crippen LogP contribution in [-0.4, -0.2) is 33.1 Å². The Morgan fingerprint density at radius 1 is 0.338 bits per heavy atom. The van der Waals surface area contributed by atoms with Gasteiger partial charge in [0.2, 0.25) is 0 Å². The van der Waals surface area contributed by atoms with E-state index in [0.29, 0.717) is 26.4 Å². The quantitative estimate of drug-likeness (QED) is 0.155. The molecule has 9 aromatic rings. The Morgan fingerprint density at radius 3 is 1.00 bits per heavy atom. The van der Waals surface area contributed by atoms with E-state index in [1.165, 1.54) is 5.46 Å². The maximum absolute atomic E-state index is 6.55. The lowest BCUT2D eigenvalue weighted by molar-refractivity contribution is 0.296. The molecular formula is C61H47BN2O4. The summed E-state index contributed by atoms with van der Waals surface area (Å²) in [5, 5.41) is 0. The molecule has 0 saturated carbocycles. The van der Waals surface area contributed by atoms with Crippen LogP contribution in [0.2, 0.25) is 0 Å². The van der Waals surface area contributed by atoms with Crippen molar-refractivity contribution in [2.24, 2.45) is 0 Å². The molecule has 13 rings (SSSR count). The molecule has 328 valence electrons. The summed E-state index contributed by atoms with van der Waals surface area (Å²) in [4.78, 5) is 4.96. The van der Waals surface area contributed by atoms with Crippen LogP contribution in [-0.2, 0) is 0 Å². The van der Waals surface area contributed by atoms with Gasteiger partial charge in [-0.3, -0.25) is 0 Å². The number of fused-ring (bicyclic) bond motifs is 6. The second-order valence-electron chi connectivity index (χ2n) is 18.1. The summed E-state index contributed by atoms with van der Waals surface area (Å²) >= 11 is 0. The van der Waals surface area contributed by atoms with E-state index in [2.05, 4.69) is 211 Å². The molecule has 0 amide bonds. The number of benzene rings is 9. The zero-order valence-electron chi connectivity index (χ0n) is 37.8. The lowest BCUT2D eigenvalue weighted by atomic mass is 9.33. The number of rotatable bonds is 6. The molecule has 68 heavy (non-hydrogen) atoms. The van der Waals surface area contributed by atoms with E-state index < -0.39 is 0 Å². The third kappa shape index (κ3) is 6.96. The first kappa shape index (κ1) is 40.1. The van der Waals surface area contributed by atoms with Crippen molar-refractivity contribution in [1.29, 1.82) is 0 Å². The molecule has 0 unspecified atom stereocenters. The molecule has 4 aliphatic heterocycles. The summed E-state index contributed by atoms with van der Waals surface area (Å²) in [6, 6.07) is 70.6. The highest BCUT2D eigenvalue weighted by molar-refractivity contribution is 7.00. The highest BCUT2D eigenvalue weighted by Gasteiger charge is 2.45. The summed E-state index contributed by atoms with van der Waals surface area (Å²) < 4.78 is 26.2. The molecule has 0 fully saturated rings. The van der Waals surface area contributed by atoms with Gasteiger partial charge in [0, 0.05) is 59.1 Å². The molecule has 0 aromatic heterocycles. The minimum atomic E-state index is -0.191. The van der Waals surface area contributed by atoms with Gasteiger partial charge in [0.1, 0.15) is 0 Å². The van der Waals surface area contributed by atoms with Gasteiger partial charge in [-0.05, 0) is 134 Å². The van der Waals surface area contributed by atoms with Gasteiger partial charge in [-0.2, -0.15) is 0 Å². The van der Waals surface area contributed by atoms with E-state index in [1.54, 1.807) is 0 Å². The Morgan fingerprint density at radius 2 is 0.662 bits per heavy atom. The van der Waals surface area contributed by atoms with E-state index in [0.717, 1.165) is 131 Å². The summed E-state index contributed by atoms with van der Waals surface area (Å²) in [6.45, 7) is 4.39. The minimum absolute atomic E-state index is 0.191. The Balaban J connectivity index is 1.12. The summed E-state index contributed by atoms with van der Waals surface area (Å²) in [5.41, 5.74) is 20.2. The van der Waals surface area contributed by atoms with Crippen molar-refractivity contribution in [3.63, 3.8) is 0 Å². The first-order valence-corrected chi connectivity index (χ1v) is 23.7. The van der Waals surface area contributed by atoms with Crippen molar-refractivity contribution in [3.8, 4) is 67.5 Å². The smallest absolute Gasteiger partial charge is 0.252 e. The van der Waals surface area contributed by atoms with E-state index in [-0.39, 0.29) is 6.71 Å². The van der Waals surface area contributed by atoms with E-state index in [9.17, 15) is 0 Å². The molecule has 4 aliphatic rings. The zero-order chi connectivity index (χ0) is 45.1. The largest absolute Gasteiger partial charge is 0.490 e. The third-order valence-corrected chi connectivity index (χ3v) is 13.7. The predicted octanol–water partition coefficient (Wildman–Crippen LogP) is 13.1. The molecular weight excluding hydrogens is 835 g/mol. The third-order valence-electron chi connectivity index (χ3n) is 13.7. The fourth-order valence-corrected chi connectivity index (χ4v) is 10.7. The van der Waals surface area contributed by atoms with Crippen LogP contribution in [0.25, 0.3) is 44.5 Å². The number of aryl methyl sites for hydroxylation is 1. The molecule has 0 radical (unpaired) electrons. The second kappa shape index (κ2) is 16.6. The Labute approximate surface area is 397 Å². The van der Waals surface area contributed by atoms with E-state index in [4.69, 9.17) is 18.9 Å². The van der Waals surface area contributed by atoms with Crippen molar-refractivity contribution < 1.29 is 18.9 Å². The molecule has 6 nitrogen and oxygen atoms in total. The van der Waals surface area contributed by atoms with E-state index >= 15 is 0 Å². The predicted molar refractivity (Wildman–Crippen MR) is 278 cm³/mol. The van der Waals surface area contributed by atoms with E-state index in [1.807, 2.05) is 0 Å². The molecule has 0 bridgehead atoms. The molecule has 7 heteroatoms. The van der Waals surface area contributed by atoms with Crippen LogP contribution >= 0.6 is 0 Å².